The largest absolute Gasteiger partial charge is 0.461 e. The van der Waals surface area contributed by atoms with E-state index in [1.54, 1.807) is 13.8 Å². The molecule has 0 N–H and O–H groups in total. The van der Waals surface area contributed by atoms with Crippen molar-refractivity contribution in [1.29, 1.82) is 0 Å². The van der Waals surface area contributed by atoms with Crippen LogP contribution in [0.4, 0.5) is 0 Å². The highest BCUT2D eigenvalue weighted by molar-refractivity contribution is 5.78. The van der Waals surface area contributed by atoms with E-state index in [2.05, 4.69) is 13.8 Å². The predicted molar refractivity (Wildman–Crippen MR) is 118 cm³/mol. The lowest BCUT2D eigenvalue weighted by molar-refractivity contribution is -0.173. The van der Waals surface area contributed by atoms with Gasteiger partial charge in [0.25, 0.3) is 0 Å². The van der Waals surface area contributed by atoms with Crippen LogP contribution in [0.25, 0.3) is 0 Å². The molecule has 0 heterocycles. The van der Waals surface area contributed by atoms with E-state index in [0.717, 1.165) is 25.2 Å². The Morgan fingerprint density at radius 1 is 0.893 bits per heavy atom. The van der Waals surface area contributed by atoms with Crippen molar-refractivity contribution in [3.63, 3.8) is 0 Å². The van der Waals surface area contributed by atoms with Crippen LogP contribution < -0.4 is 0 Å². The van der Waals surface area contributed by atoms with Crippen LogP contribution in [0.15, 0.2) is 0 Å². The maximum Gasteiger partial charge on any atom is 0.337 e. The molecular weight excluding hydrogens is 352 g/mol. The molecule has 0 fully saturated rings. The normalized spacial score (nSPS) is 14.3. The zero-order valence-electron chi connectivity index (χ0n) is 19.9. The Morgan fingerprint density at radius 3 is 2.07 bits per heavy atom. The average Bonchev–Trinajstić information content (AvgIpc) is 2.63. The Balaban J connectivity index is 3.84. The highest BCUT2D eigenvalue weighted by atomic mass is 16.6. The van der Waals surface area contributed by atoms with Crippen molar-refractivity contribution in [2.45, 2.75) is 130 Å². The molecule has 0 amide bonds. The molecule has 0 aliphatic rings. The molecule has 0 aromatic rings. The number of carbonyl (C=O) groups is 1. The maximum absolute atomic E-state index is 12.3. The molecule has 0 saturated carbocycles. The number of carbonyl (C=O) groups excluding carboxylic acids is 1. The van der Waals surface area contributed by atoms with Crippen molar-refractivity contribution in [2.75, 3.05) is 13.2 Å². The molecule has 0 aromatic carbocycles. The van der Waals surface area contributed by atoms with E-state index in [1.807, 2.05) is 20.8 Å². The SMILES string of the molecule is CCCCCC(C)CCCCCCOC(C)(C)C(=O)OCC(CC)OC(C)C. The Hall–Kier alpha value is -0.610. The number of rotatable bonds is 18. The van der Waals surface area contributed by atoms with Gasteiger partial charge < -0.3 is 14.2 Å². The topological polar surface area (TPSA) is 44.8 Å². The quantitative estimate of drug-likeness (QED) is 0.190. The summed E-state index contributed by atoms with van der Waals surface area (Å²) in [4.78, 5) is 12.3. The Labute approximate surface area is 175 Å². The van der Waals surface area contributed by atoms with Gasteiger partial charge in [-0.15, -0.1) is 0 Å². The van der Waals surface area contributed by atoms with Gasteiger partial charge in [-0.3, -0.25) is 0 Å². The van der Waals surface area contributed by atoms with E-state index < -0.39 is 5.60 Å². The van der Waals surface area contributed by atoms with Gasteiger partial charge in [0.05, 0.1) is 12.2 Å². The number of esters is 1. The number of ether oxygens (including phenoxy) is 3. The second kappa shape index (κ2) is 16.2. The highest BCUT2D eigenvalue weighted by Gasteiger charge is 2.30. The standard InChI is InChI=1S/C24H48O4/c1-8-10-13-16-21(5)17-14-11-12-15-18-27-24(6,7)23(25)26-19-22(9-2)28-20(3)4/h20-22H,8-19H2,1-7H3. The van der Waals surface area contributed by atoms with Crippen LogP contribution in [0, 0.1) is 5.92 Å². The second-order valence-electron chi connectivity index (χ2n) is 8.98. The summed E-state index contributed by atoms with van der Waals surface area (Å²) in [6.07, 6.45) is 12.4. The van der Waals surface area contributed by atoms with Crippen LogP contribution >= 0.6 is 0 Å². The molecule has 2 atom stereocenters. The summed E-state index contributed by atoms with van der Waals surface area (Å²) in [5.41, 5.74) is -0.899. The average molecular weight is 401 g/mol. The summed E-state index contributed by atoms with van der Waals surface area (Å²) in [5.74, 6) is 0.544. The lowest BCUT2D eigenvalue weighted by Crippen LogP contribution is -2.39. The number of unbranched alkanes of at least 4 members (excludes halogenated alkanes) is 5. The monoisotopic (exact) mass is 400 g/mol. The first-order valence-electron chi connectivity index (χ1n) is 11.7. The molecule has 0 aliphatic carbocycles. The fourth-order valence-corrected chi connectivity index (χ4v) is 3.20. The van der Waals surface area contributed by atoms with E-state index in [-0.39, 0.29) is 24.8 Å². The van der Waals surface area contributed by atoms with Gasteiger partial charge >= 0.3 is 5.97 Å². The predicted octanol–water partition coefficient (Wildman–Crippen LogP) is 6.70. The van der Waals surface area contributed by atoms with Crippen LogP contribution in [0.2, 0.25) is 0 Å². The summed E-state index contributed by atoms with van der Waals surface area (Å²) in [5, 5.41) is 0. The molecular formula is C24H48O4. The Bertz CT molecular complexity index is 379. The summed E-state index contributed by atoms with van der Waals surface area (Å²) in [7, 11) is 0. The second-order valence-corrected chi connectivity index (χ2v) is 8.98. The lowest BCUT2D eigenvalue weighted by Gasteiger charge is -2.25. The smallest absolute Gasteiger partial charge is 0.337 e. The zero-order valence-corrected chi connectivity index (χ0v) is 19.9. The first-order chi connectivity index (χ1) is 13.2. The van der Waals surface area contributed by atoms with E-state index in [9.17, 15) is 4.79 Å². The van der Waals surface area contributed by atoms with Crippen molar-refractivity contribution >= 4 is 5.97 Å². The van der Waals surface area contributed by atoms with Crippen LogP contribution in [0.3, 0.4) is 0 Å². The van der Waals surface area contributed by atoms with Crippen molar-refractivity contribution in [1.82, 2.24) is 0 Å². The van der Waals surface area contributed by atoms with Gasteiger partial charge in [0.1, 0.15) is 6.61 Å². The zero-order chi connectivity index (χ0) is 21.4. The highest BCUT2D eigenvalue weighted by Crippen LogP contribution is 2.18. The molecule has 4 heteroatoms. The molecule has 4 nitrogen and oxygen atoms in total. The Kier molecular flexibility index (Phi) is 15.9. The summed E-state index contributed by atoms with van der Waals surface area (Å²) in [6, 6.07) is 0. The summed E-state index contributed by atoms with van der Waals surface area (Å²) in [6.45, 7) is 15.1. The third-order valence-corrected chi connectivity index (χ3v) is 5.17. The minimum atomic E-state index is -0.899. The molecule has 28 heavy (non-hydrogen) atoms. The summed E-state index contributed by atoms with van der Waals surface area (Å²) < 4.78 is 17.0. The van der Waals surface area contributed by atoms with Crippen LogP contribution in [0.1, 0.15) is 113 Å². The molecule has 168 valence electrons. The summed E-state index contributed by atoms with van der Waals surface area (Å²) >= 11 is 0. The Morgan fingerprint density at radius 2 is 1.50 bits per heavy atom. The number of hydrogen-bond acceptors (Lipinski definition) is 4. The molecule has 0 aromatic heterocycles. The van der Waals surface area contributed by atoms with Crippen LogP contribution in [-0.4, -0.2) is 37.0 Å². The first-order valence-corrected chi connectivity index (χ1v) is 11.7. The van der Waals surface area contributed by atoms with Gasteiger partial charge in [0, 0.05) is 6.61 Å². The van der Waals surface area contributed by atoms with Gasteiger partial charge in [0.15, 0.2) is 5.60 Å². The fourth-order valence-electron chi connectivity index (χ4n) is 3.20. The van der Waals surface area contributed by atoms with Gasteiger partial charge in [-0.1, -0.05) is 72.1 Å². The maximum atomic E-state index is 12.3. The fraction of sp³-hybridized carbons (Fsp3) is 0.958. The minimum absolute atomic E-state index is 0.0517. The molecule has 0 rings (SSSR count). The van der Waals surface area contributed by atoms with Gasteiger partial charge in [0.2, 0.25) is 0 Å². The third-order valence-electron chi connectivity index (χ3n) is 5.17. The molecule has 0 saturated heterocycles. The number of hydrogen-bond donors (Lipinski definition) is 0. The third kappa shape index (κ3) is 14.4. The van der Waals surface area contributed by atoms with E-state index in [4.69, 9.17) is 14.2 Å². The molecule has 0 bridgehead atoms. The van der Waals surface area contributed by atoms with Gasteiger partial charge in [-0.2, -0.15) is 0 Å². The van der Waals surface area contributed by atoms with Crippen molar-refractivity contribution in [2.24, 2.45) is 5.92 Å². The van der Waals surface area contributed by atoms with Crippen molar-refractivity contribution < 1.29 is 19.0 Å². The van der Waals surface area contributed by atoms with Crippen molar-refractivity contribution in [3.05, 3.63) is 0 Å². The van der Waals surface area contributed by atoms with E-state index >= 15 is 0 Å². The minimum Gasteiger partial charge on any atom is -0.461 e. The van der Waals surface area contributed by atoms with Gasteiger partial charge in [-0.25, -0.2) is 4.79 Å². The van der Waals surface area contributed by atoms with E-state index in [1.165, 1.54) is 44.9 Å². The molecule has 0 radical (unpaired) electrons. The first kappa shape index (κ1) is 27.4. The van der Waals surface area contributed by atoms with E-state index in [0.29, 0.717) is 6.61 Å². The van der Waals surface area contributed by atoms with Crippen molar-refractivity contribution in [3.8, 4) is 0 Å². The van der Waals surface area contributed by atoms with Crippen LogP contribution in [0.5, 0.6) is 0 Å². The molecule has 0 aliphatic heterocycles. The lowest BCUT2D eigenvalue weighted by atomic mass is 9.97. The van der Waals surface area contributed by atoms with Gasteiger partial charge in [-0.05, 0) is 46.5 Å². The molecule has 0 spiro atoms. The van der Waals surface area contributed by atoms with Crippen LogP contribution in [-0.2, 0) is 19.0 Å². The molecule has 2 unspecified atom stereocenters.